The molecule has 0 saturated carbocycles. The van der Waals surface area contributed by atoms with E-state index in [1.807, 2.05) is 182 Å². The van der Waals surface area contributed by atoms with Gasteiger partial charge < -0.3 is 0 Å². The molecule has 0 amide bonds. The zero-order valence-corrected chi connectivity index (χ0v) is 40.6. The normalized spacial score (nSPS) is 11.9. The molecule has 0 aliphatic rings. The number of hydrogen-bond acceptors (Lipinski definition) is 12. The summed E-state index contributed by atoms with van der Waals surface area (Å²) in [5.41, 5.74) is -9.91. The molecule has 0 radical (unpaired) electrons. The second-order valence-corrected chi connectivity index (χ2v) is 67.2. The van der Waals surface area contributed by atoms with Gasteiger partial charge in [0.2, 0.25) is 0 Å². The van der Waals surface area contributed by atoms with E-state index in [1.54, 1.807) is 25.7 Å². The average Bonchev–Trinajstić information content (AvgIpc) is 3.19. The summed E-state index contributed by atoms with van der Waals surface area (Å²) >= 11 is 15.4. The van der Waals surface area contributed by atoms with Crippen molar-refractivity contribution < 1.29 is 27.1 Å². The van der Waals surface area contributed by atoms with Crippen molar-refractivity contribution in [1.29, 1.82) is 0 Å². The Morgan fingerprint density at radius 3 is 0.750 bits per heavy atom. The molecule has 0 fully saturated rings. The van der Waals surface area contributed by atoms with E-state index in [4.69, 9.17) is 62.6 Å². The Balaban J connectivity index is 1.53. The van der Waals surface area contributed by atoms with Crippen LogP contribution < -0.4 is 27.1 Å². The Kier molecular flexibility index (Phi) is 16.5. The van der Waals surface area contributed by atoms with E-state index in [2.05, 4.69) is 6.92 Å². The predicted octanol–water partition coefficient (Wildman–Crippen LogP) is 15.1. The number of rotatable bonds is 21. The summed E-state index contributed by atoms with van der Waals surface area (Å²) in [5.74, 6) is 3.62. The van der Waals surface area contributed by atoms with Crippen LogP contribution in [0.1, 0.15) is 19.8 Å². The van der Waals surface area contributed by atoms with Crippen molar-refractivity contribution in [2.24, 2.45) is 0 Å². The first-order chi connectivity index (χ1) is 27.2. The topological polar surface area (TPSA) is 55.4 Å². The zero-order chi connectivity index (χ0) is 39.2. The van der Waals surface area contributed by atoms with E-state index in [9.17, 15) is 0 Å². The van der Waals surface area contributed by atoms with Crippen LogP contribution in [-0.4, -0.2) is 14.2 Å². The van der Waals surface area contributed by atoms with Crippen molar-refractivity contribution in [2.75, 3.05) is 0 Å². The van der Waals surface area contributed by atoms with Crippen molar-refractivity contribution in [3.63, 3.8) is 0 Å². The molecule has 0 saturated heterocycles. The Bertz CT molecular complexity index is 1850. The first-order valence-corrected chi connectivity index (χ1v) is 42.2. The molecule has 0 bridgehead atoms. The summed E-state index contributed by atoms with van der Waals surface area (Å²) in [6, 6.07) is 57.3. The molecule has 16 heteroatoms. The molecule has 56 heavy (non-hydrogen) atoms. The predicted molar refractivity (Wildman–Crippen MR) is 254 cm³/mol. The van der Waals surface area contributed by atoms with Gasteiger partial charge in [-0.3, -0.25) is 0 Å². The van der Waals surface area contributed by atoms with Gasteiger partial charge in [-0.2, -0.15) is 0 Å². The molecular formula is C40H39O6P3S6Sn. The average molecular weight is 1020 g/mol. The van der Waals surface area contributed by atoms with E-state index in [1.165, 1.54) is 0 Å². The Hall–Kier alpha value is -2.08. The summed E-state index contributed by atoms with van der Waals surface area (Å²) in [5, 5.41) is 0. The maximum absolute atomic E-state index is 6.83. The standard InChI is InChI=1S/3C12H11O2PS2.C4H9.Sn/c3*16-15(17,13-11-7-3-1-4-8-11)14-12-9-5-2-6-10-12;1-3-4-2;/h3*1-10H,(H,16,17);1,3-4H2,2H3;/q;;;;+3/p-3. The summed E-state index contributed by atoms with van der Waals surface area (Å²) in [6.07, 6.45) is 1.76. The van der Waals surface area contributed by atoms with Gasteiger partial charge in [-0.05, 0) is 0 Å². The minimum absolute atomic E-state index is 0.603. The molecular weight excluding hydrogens is 980 g/mol. The van der Waals surface area contributed by atoms with Crippen molar-refractivity contribution in [2.45, 2.75) is 24.2 Å². The van der Waals surface area contributed by atoms with Crippen LogP contribution in [0, 0.1) is 0 Å². The first-order valence-electron chi connectivity index (χ1n) is 17.6. The van der Waals surface area contributed by atoms with Crippen LogP contribution >= 0.6 is 42.8 Å². The molecule has 0 aliphatic heterocycles. The van der Waals surface area contributed by atoms with Gasteiger partial charge in [0.05, 0.1) is 0 Å². The molecule has 0 aliphatic carbocycles. The van der Waals surface area contributed by atoms with Crippen LogP contribution in [0.15, 0.2) is 182 Å². The van der Waals surface area contributed by atoms with Crippen LogP contribution in [0.3, 0.4) is 0 Å². The number of para-hydroxylation sites is 6. The molecule has 6 aromatic rings. The molecule has 0 N–H and O–H groups in total. The summed E-state index contributed by atoms with van der Waals surface area (Å²) in [4.78, 5) is 0. The maximum atomic E-state index is 6.83. The van der Waals surface area contributed by atoms with Gasteiger partial charge in [-0.25, -0.2) is 0 Å². The van der Waals surface area contributed by atoms with Gasteiger partial charge in [-0.15, -0.1) is 0 Å². The monoisotopic (exact) mass is 1020 g/mol. The van der Waals surface area contributed by atoms with E-state index >= 15 is 0 Å². The van der Waals surface area contributed by atoms with E-state index in [0.29, 0.717) is 34.5 Å². The molecule has 6 rings (SSSR count). The Morgan fingerprint density at radius 2 is 0.571 bits per heavy atom. The summed E-state index contributed by atoms with van der Waals surface area (Å²) in [6.45, 7) is 2.17. The van der Waals surface area contributed by atoms with E-state index in [0.717, 1.165) is 17.3 Å². The second kappa shape index (κ2) is 21.3. The molecule has 6 nitrogen and oxygen atoms in total. The van der Waals surface area contributed by atoms with Gasteiger partial charge in [0.15, 0.2) is 0 Å². The number of benzene rings is 6. The van der Waals surface area contributed by atoms with Crippen LogP contribution in [-0.2, 0) is 35.4 Å². The third-order valence-corrected chi connectivity index (χ3v) is 105. The second-order valence-electron chi connectivity index (χ2n) is 11.8. The molecule has 290 valence electrons. The Morgan fingerprint density at radius 1 is 0.375 bits per heavy atom. The van der Waals surface area contributed by atoms with E-state index in [-0.39, 0.29) is 0 Å². The zero-order valence-electron chi connectivity index (χ0n) is 30.2. The summed E-state index contributed by atoms with van der Waals surface area (Å²) in [7, 11) is 4.75. The van der Waals surface area contributed by atoms with Gasteiger partial charge >= 0.3 is 360 Å². The van der Waals surface area contributed by atoms with E-state index < -0.39 is 31.3 Å². The molecule has 0 atom stereocenters. The SMILES string of the molecule is CCC[CH2][Sn]([S]P(=S)(Oc1ccccc1)Oc1ccccc1)([S]P(=S)(Oc1ccccc1)Oc1ccccc1)[S]P(=S)(Oc1ccccc1)Oc1ccccc1. The minimum atomic E-state index is -4.45. The van der Waals surface area contributed by atoms with Crippen molar-refractivity contribution in [3.05, 3.63) is 182 Å². The molecule has 0 unspecified atom stereocenters. The number of hydrogen-bond donors (Lipinski definition) is 0. The van der Waals surface area contributed by atoms with Crippen LogP contribution in [0.5, 0.6) is 34.5 Å². The van der Waals surface area contributed by atoms with Gasteiger partial charge in [0.25, 0.3) is 0 Å². The molecule has 0 spiro atoms. The fourth-order valence-electron chi connectivity index (χ4n) is 4.92. The van der Waals surface area contributed by atoms with Crippen molar-refractivity contribution in [3.8, 4) is 34.5 Å². The number of unbranched alkanes of at least 4 members (excludes halogenated alkanes) is 1. The molecule has 0 heterocycles. The van der Waals surface area contributed by atoms with Crippen molar-refractivity contribution >= 4 is 92.4 Å². The Labute approximate surface area is 356 Å². The quantitative estimate of drug-likeness (QED) is 0.0510. The van der Waals surface area contributed by atoms with Crippen LogP contribution in [0.2, 0.25) is 4.44 Å². The fraction of sp³-hybridized carbons (Fsp3) is 0.100. The van der Waals surface area contributed by atoms with Gasteiger partial charge in [-0.1, -0.05) is 0 Å². The molecule has 6 aromatic carbocycles. The van der Waals surface area contributed by atoms with Crippen LogP contribution in [0.4, 0.5) is 0 Å². The molecule has 0 aromatic heterocycles. The first kappa shape index (κ1) is 43.5. The van der Waals surface area contributed by atoms with Crippen molar-refractivity contribution in [1.82, 2.24) is 0 Å². The summed E-state index contributed by atoms with van der Waals surface area (Å²) < 4.78 is 41.7. The fourth-order valence-corrected chi connectivity index (χ4v) is 163. The van der Waals surface area contributed by atoms with Gasteiger partial charge in [0, 0.05) is 0 Å². The van der Waals surface area contributed by atoms with Gasteiger partial charge in [0.1, 0.15) is 0 Å². The third kappa shape index (κ3) is 13.8. The third-order valence-electron chi connectivity index (χ3n) is 7.35. The van der Waals surface area contributed by atoms with Crippen LogP contribution in [0.25, 0.3) is 0 Å².